The molecule has 2 aliphatic heterocycles. The SMILES string of the molecule is O=C(Nc1cccc(C(=O)N2CCc3ccccc32)c1)C1CCCN1. The minimum Gasteiger partial charge on any atom is -0.325 e. The molecule has 5 heteroatoms. The van der Waals surface area contributed by atoms with Crippen molar-refractivity contribution in [3.63, 3.8) is 0 Å². The lowest BCUT2D eigenvalue weighted by Gasteiger charge is -2.18. The zero-order valence-corrected chi connectivity index (χ0v) is 14.0. The van der Waals surface area contributed by atoms with Crippen molar-refractivity contribution in [2.75, 3.05) is 23.3 Å². The molecule has 5 nitrogen and oxygen atoms in total. The van der Waals surface area contributed by atoms with Gasteiger partial charge >= 0.3 is 0 Å². The fourth-order valence-corrected chi connectivity index (χ4v) is 3.57. The third-order valence-electron chi connectivity index (χ3n) is 4.89. The Labute approximate surface area is 147 Å². The lowest BCUT2D eigenvalue weighted by molar-refractivity contribution is -0.117. The van der Waals surface area contributed by atoms with Crippen LogP contribution < -0.4 is 15.5 Å². The van der Waals surface area contributed by atoms with E-state index in [0.29, 0.717) is 17.8 Å². The second-order valence-electron chi connectivity index (χ2n) is 6.55. The highest BCUT2D eigenvalue weighted by Crippen LogP contribution is 2.29. The molecular formula is C20H21N3O2. The van der Waals surface area contributed by atoms with Crippen LogP contribution in [-0.2, 0) is 11.2 Å². The number of nitrogens with zero attached hydrogens (tertiary/aromatic N) is 1. The third-order valence-corrected chi connectivity index (χ3v) is 4.89. The molecule has 1 atom stereocenters. The van der Waals surface area contributed by atoms with E-state index >= 15 is 0 Å². The molecule has 1 unspecified atom stereocenters. The van der Waals surface area contributed by atoms with Crippen molar-refractivity contribution < 1.29 is 9.59 Å². The van der Waals surface area contributed by atoms with Gasteiger partial charge in [0.2, 0.25) is 5.91 Å². The summed E-state index contributed by atoms with van der Waals surface area (Å²) in [5.41, 5.74) is 3.44. The first-order chi connectivity index (χ1) is 12.2. The Balaban J connectivity index is 1.51. The molecule has 25 heavy (non-hydrogen) atoms. The Hall–Kier alpha value is -2.66. The highest BCUT2D eigenvalue weighted by Gasteiger charge is 2.26. The normalized spacial score (nSPS) is 18.9. The highest BCUT2D eigenvalue weighted by atomic mass is 16.2. The lowest BCUT2D eigenvalue weighted by atomic mass is 10.1. The maximum Gasteiger partial charge on any atom is 0.258 e. The molecule has 0 aliphatic carbocycles. The Kier molecular flexibility index (Phi) is 4.24. The van der Waals surface area contributed by atoms with Crippen molar-refractivity contribution >= 4 is 23.2 Å². The molecular weight excluding hydrogens is 314 g/mol. The summed E-state index contributed by atoms with van der Waals surface area (Å²) in [7, 11) is 0. The number of fused-ring (bicyclic) bond motifs is 1. The maximum absolute atomic E-state index is 12.9. The van der Waals surface area contributed by atoms with Gasteiger partial charge in [-0.2, -0.15) is 0 Å². The summed E-state index contributed by atoms with van der Waals surface area (Å²) < 4.78 is 0. The van der Waals surface area contributed by atoms with Crippen LogP contribution in [0.25, 0.3) is 0 Å². The quantitative estimate of drug-likeness (QED) is 0.906. The largest absolute Gasteiger partial charge is 0.325 e. The second kappa shape index (κ2) is 6.69. The minimum absolute atomic E-state index is 0.0277. The first-order valence-electron chi connectivity index (χ1n) is 8.76. The van der Waals surface area contributed by atoms with E-state index in [1.54, 1.807) is 12.1 Å². The van der Waals surface area contributed by atoms with Crippen LogP contribution in [0.5, 0.6) is 0 Å². The molecule has 2 aromatic rings. The van der Waals surface area contributed by atoms with Crippen molar-refractivity contribution in [2.24, 2.45) is 0 Å². The number of hydrogen-bond acceptors (Lipinski definition) is 3. The zero-order chi connectivity index (χ0) is 17.2. The van der Waals surface area contributed by atoms with Crippen LogP contribution in [0.3, 0.4) is 0 Å². The summed E-state index contributed by atoms with van der Waals surface area (Å²) in [6.45, 7) is 1.58. The summed E-state index contributed by atoms with van der Waals surface area (Å²) in [6, 6.07) is 15.1. The van der Waals surface area contributed by atoms with Crippen molar-refractivity contribution in [3.8, 4) is 0 Å². The molecule has 2 N–H and O–H groups in total. The molecule has 0 aromatic heterocycles. The number of amides is 2. The predicted molar refractivity (Wildman–Crippen MR) is 97.9 cm³/mol. The van der Waals surface area contributed by atoms with Gasteiger partial charge in [0.05, 0.1) is 6.04 Å². The summed E-state index contributed by atoms with van der Waals surface area (Å²) in [4.78, 5) is 27.0. The van der Waals surface area contributed by atoms with Gasteiger partial charge in [-0.1, -0.05) is 24.3 Å². The van der Waals surface area contributed by atoms with Crippen LogP contribution in [0.4, 0.5) is 11.4 Å². The fraction of sp³-hybridized carbons (Fsp3) is 0.300. The second-order valence-corrected chi connectivity index (χ2v) is 6.55. The molecule has 2 amide bonds. The Morgan fingerprint density at radius 1 is 1.12 bits per heavy atom. The Bertz CT molecular complexity index is 812. The molecule has 0 spiro atoms. The zero-order valence-electron chi connectivity index (χ0n) is 14.0. The van der Waals surface area contributed by atoms with Gasteiger partial charge in [0.1, 0.15) is 0 Å². The number of rotatable bonds is 3. The molecule has 2 heterocycles. The van der Waals surface area contributed by atoms with Gasteiger partial charge < -0.3 is 15.5 Å². The van der Waals surface area contributed by atoms with E-state index in [-0.39, 0.29) is 17.9 Å². The monoisotopic (exact) mass is 335 g/mol. The number of anilines is 2. The highest BCUT2D eigenvalue weighted by molar-refractivity contribution is 6.08. The molecule has 0 bridgehead atoms. The maximum atomic E-state index is 12.9. The first-order valence-corrected chi connectivity index (χ1v) is 8.76. The molecule has 4 rings (SSSR count). The van der Waals surface area contributed by atoms with Crippen LogP contribution in [0.1, 0.15) is 28.8 Å². The van der Waals surface area contributed by atoms with Crippen molar-refractivity contribution in [2.45, 2.75) is 25.3 Å². The van der Waals surface area contributed by atoms with E-state index in [9.17, 15) is 9.59 Å². The van der Waals surface area contributed by atoms with E-state index in [1.165, 1.54) is 5.56 Å². The van der Waals surface area contributed by atoms with E-state index in [0.717, 1.165) is 31.5 Å². The summed E-state index contributed by atoms with van der Waals surface area (Å²) in [5.74, 6) is -0.0614. The van der Waals surface area contributed by atoms with E-state index in [2.05, 4.69) is 16.7 Å². The van der Waals surface area contributed by atoms with Crippen LogP contribution in [0.15, 0.2) is 48.5 Å². The average Bonchev–Trinajstić information content (AvgIpc) is 3.31. The fourth-order valence-electron chi connectivity index (χ4n) is 3.57. The summed E-state index contributed by atoms with van der Waals surface area (Å²) in [5, 5.41) is 6.10. The number of hydrogen-bond donors (Lipinski definition) is 2. The minimum atomic E-state index is -0.134. The number of carbonyl (C=O) groups is 2. The van der Waals surface area contributed by atoms with E-state index in [1.807, 2.05) is 35.2 Å². The van der Waals surface area contributed by atoms with Gasteiger partial charge in [-0.25, -0.2) is 0 Å². The molecule has 1 saturated heterocycles. The van der Waals surface area contributed by atoms with Crippen LogP contribution in [-0.4, -0.2) is 30.9 Å². The van der Waals surface area contributed by atoms with E-state index < -0.39 is 0 Å². The topological polar surface area (TPSA) is 61.4 Å². The van der Waals surface area contributed by atoms with Crippen molar-refractivity contribution in [1.29, 1.82) is 0 Å². The summed E-state index contributed by atoms with van der Waals surface area (Å²) in [6.07, 6.45) is 2.76. The Morgan fingerprint density at radius 2 is 2.00 bits per heavy atom. The predicted octanol–water partition coefficient (Wildman–Crippen LogP) is 2.58. The van der Waals surface area contributed by atoms with Crippen LogP contribution in [0.2, 0.25) is 0 Å². The van der Waals surface area contributed by atoms with Crippen molar-refractivity contribution in [3.05, 3.63) is 59.7 Å². The number of carbonyl (C=O) groups excluding carboxylic acids is 2. The van der Waals surface area contributed by atoms with Gasteiger partial charge in [-0.15, -0.1) is 0 Å². The smallest absolute Gasteiger partial charge is 0.258 e. The first kappa shape index (κ1) is 15.8. The van der Waals surface area contributed by atoms with Gasteiger partial charge in [0, 0.05) is 23.5 Å². The standard InChI is InChI=1S/C20H21N3O2/c24-19(17-8-4-11-21-17)22-16-7-3-6-15(13-16)20(25)23-12-10-14-5-1-2-9-18(14)23/h1-3,5-7,9,13,17,21H,4,8,10-12H2,(H,22,24). The van der Waals surface area contributed by atoms with Crippen LogP contribution in [0, 0.1) is 0 Å². The van der Waals surface area contributed by atoms with Gasteiger partial charge in [-0.05, 0) is 55.6 Å². The van der Waals surface area contributed by atoms with Crippen molar-refractivity contribution in [1.82, 2.24) is 5.32 Å². The van der Waals surface area contributed by atoms with E-state index in [4.69, 9.17) is 0 Å². The van der Waals surface area contributed by atoms with Crippen LogP contribution >= 0.6 is 0 Å². The number of para-hydroxylation sites is 1. The summed E-state index contributed by atoms with van der Waals surface area (Å²) >= 11 is 0. The molecule has 1 fully saturated rings. The lowest BCUT2D eigenvalue weighted by Crippen LogP contribution is -2.35. The Morgan fingerprint density at radius 3 is 2.84 bits per heavy atom. The molecule has 2 aromatic carbocycles. The molecule has 0 saturated carbocycles. The van der Waals surface area contributed by atoms with Gasteiger partial charge in [0.15, 0.2) is 0 Å². The van der Waals surface area contributed by atoms with Gasteiger partial charge in [-0.3, -0.25) is 9.59 Å². The molecule has 128 valence electrons. The average molecular weight is 335 g/mol. The third kappa shape index (κ3) is 3.15. The number of benzene rings is 2. The molecule has 0 radical (unpaired) electrons. The number of nitrogens with one attached hydrogen (secondary N) is 2. The van der Waals surface area contributed by atoms with Gasteiger partial charge in [0.25, 0.3) is 5.91 Å². The molecule has 2 aliphatic rings.